The summed E-state index contributed by atoms with van der Waals surface area (Å²) in [6, 6.07) is 11.2. The Morgan fingerprint density at radius 1 is 1.24 bits per heavy atom. The molecule has 2 aromatic carbocycles. The number of anilines is 1. The van der Waals surface area contributed by atoms with Gasteiger partial charge in [0, 0.05) is 22.0 Å². The Kier molecular flexibility index (Phi) is 6.09. The summed E-state index contributed by atoms with van der Waals surface area (Å²) in [6.45, 7) is 1.13. The fourth-order valence-electron chi connectivity index (χ4n) is 2.37. The molecule has 0 aliphatic carbocycles. The Morgan fingerprint density at radius 3 is 2.76 bits per heavy atom. The van der Waals surface area contributed by atoms with Crippen LogP contribution in [0.4, 0.5) is 5.69 Å². The lowest BCUT2D eigenvalue weighted by Gasteiger charge is -2.19. The molecule has 2 aromatic rings. The summed E-state index contributed by atoms with van der Waals surface area (Å²) < 4.78 is 17.3. The zero-order valence-corrected chi connectivity index (χ0v) is 16.1. The fraction of sp³-hybridized carbons (Fsp3) is 0.278. The molecule has 0 spiro atoms. The molecule has 132 valence electrons. The number of carbonyl (C=O) groups excluding carboxylic acids is 1. The minimum absolute atomic E-state index is 0.0491. The quantitative estimate of drug-likeness (QED) is 0.757. The summed E-state index contributed by atoms with van der Waals surface area (Å²) in [5, 5.41) is 2.87. The van der Waals surface area contributed by atoms with E-state index in [0.717, 1.165) is 27.2 Å². The Morgan fingerprint density at radius 2 is 2.00 bits per heavy atom. The third-order valence-corrected chi connectivity index (χ3v) is 5.28. The molecule has 0 bridgehead atoms. The maximum atomic E-state index is 12.1. The van der Waals surface area contributed by atoms with Gasteiger partial charge in [0.25, 0.3) is 0 Å². The summed E-state index contributed by atoms with van der Waals surface area (Å²) in [7, 11) is 1.60. The predicted molar refractivity (Wildman–Crippen MR) is 103 cm³/mol. The molecule has 5 nitrogen and oxygen atoms in total. The number of methoxy groups -OCH3 is 1. The first-order chi connectivity index (χ1) is 12.2. The lowest BCUT2D eigenvalue weighted by Crippen LogP contribution is -2.16. The second kappa shape index (κ2) is 8.49. The molecule has 1 N–H and O–H groups in total. The molecule has 0 fully saturated rings. The smallest absolute Gasteiger partial charge is 0.234 e. The number of thioether (sulfide) groups is 1. The highest BCUT2D eigenvalue weighted by atomic mass is 79.9. The molecule has 1 heterocycles. The second-order valence-corrected chi connectivity index (χ2v) is 7.20. The Balaban J connectivity index is 1.53. The number of fused-ring (bicyclic) bond motifs is 1. The minimum Gasteiger partial charge on any atom is -0.497 e. The monoisotopic (exact) mass is 423 g/mol. The van der Waals surface area contributed by atoms with Gasteiger partial charge in [-0.15, -0.1) is 11.8 Å². The zero-order chi connectivity index (χ0) is 17.6. The van der Waals surface area contributed by atoms with E-state index < -0.39 is 0 Å². The first kappa shape index (κ1) is 17.9. The van der Waals surface area contributed by atoms with Crippen LogP contribution in [0.2, 0.25) is 0 Å². The summed E-state index contributed by atoms with van der Waals surface area (Å²) in [4.78, 5) is 12.1. The van der Waals surface area contributed by atoms with E-state index >= 15 is 0 Å². The molecule has 0 aromatic heterocycles. The van der Waals surface area contributed by atoms with Crippen molar-refractivity contribution in [3.8, 4) is 17.2 Å². The van der Waals surface area contributed by atoms with Crippen LogP contribution in [0.25, 0.3) is 0 Å². The van der Waals surface area contributed by atoms with E-state index in [0.29, 0.717) is 30.5 Å². The standard InChI is InChI=1S/C18H18BrNO4S/c1-22-14-4-2-3-13(8-14)20-18(21)11-25-10-12-7-16-17(9-15(12)19)24-6-5-23-16/h2-4,7-9H,5-6,10-11H2,1H3,(H,20,21). The van der Waals surface area contributed by atoms with Gasteiger partial charge >= 0.3 is 0 Å². The molecule has 7 heteroatoms. The number of hydrogen-bond acceptors (Lipinski definition) is 5. The fourth-order valence-corrected chi connectivity index (χ4v) is 3.83. The number of hydrogen-bond donors (Lipinski definition) is 1. The van der Waals surface area contributed by atoms with Gasteiger partial charge in [0.2, 0.25) is 5.91 Å². The predicted octanol–water partition coefficient (Wildman–Crippen LogP) is 4.10. The average molecular weight is 424 g/mol. The summed E-state index contributed by atoms with van der Waals surface area (Å²) in [6.07, 6.45) is 0. The van der Waals surface area contributed by atoms with E-state index in [1.165, 1.54) is 11.8 Å². The van der Waals surface area contributed by atoms with Crippen LogP contribution in [0.3, 0.4) is 0 Å². The number of amides is 1. The Bertz CT molecular complexity index is 769. The van der Waals surface area contributed by atoms with Gasteiger partial charge in [0.1, 0.15) is 19.0 Å². The third-order valence-electron chi connectivity index (χ3n) is 3.56. The number of benzene rings is 2. The van der Waals surface area contributed by atoms with Crippen molar-refractivity contribution in [2.45, 2.75) is 5.75 Å². The maximum absolute atomic E-state index is 12.1. The SMILES string of the molecule is COc1cccc(NC(=O)CSCc2cc3c(cc2Br)OCCO3)c1. The highest BCUT2D eigenvalue weighted by Gasteiger charge is 2.15. The van der Waals surface area contributed by atoms with Crippen LogP contribution in [-0.4, -0.2) is 32.0 Å². The van der Waals surface area contributed by atoms with E-state index in [1.807, 2.05) is 30.3 Å². The van der Waals surface area contributed by atoms with Crippen LogP contribution in [0.1, 0.15) is 5.56 Å². The van der Waals surface area contributed by atoms with Crippen LogP contribution in [0, 0.1) is 0 Å². The first-order valence-electron chi connectivity index (χ1n) is 7.75. The Hall–Kier alpha value is -1.86. The molecule has 0 atom stereocenters. The Labute approximate surface area is 159 Å². The van der Waals surface area contributed by atoms with Crippen molar-refractivity contribution in [3.63, 3.8) is 0 Å². The first-order valence-corrected chi connectivity index (χ1v) is 9.70. The molecule has 0 radical (unpaired) electrons. The number of ether oxygens (including phenoxy) is 3. The van der Waals surface area contributed by atoms with Gasteiger partial charge < -0.3 is 19.5 Å². The molecule has 1 aliphatic rings. The molecule has 1 aliphatic heterocycles. The van der Waals surface area contributed by atoms with E-state index in [-0.39, 0.29) is 5.91 Å². The number of rotatable bonds is 6. The summed E-state index contributed by atoms with van der Waals surface area (Å²) >= 11 is 5.09. The molecular formula is C18H18BrNO4S. The molecule has 25 heavy (non-hydrogen) atoms. The van der Waals surface area contributed by atoms with Gasteiger partial charge in [0.05, 0.1) is 12.9 Å². The largest absolute Gasteiger partial charge is 0.497 e. The van der Waals surface area contributed by atoms with Gasteiger partial charge in [-0.25, -0.2) is 0 Å². The van der Waals surface area contributed by atoms with Crippen LogP contribution in [-0.2, 0) is 10.5 Å². The van der Waals surface area contributed by atoms with Crippen molar-refractivity contribution in [2.75, 3.05) is 31.4 Å². The van der Waals surface area contributed by atoms with Gasteiger partial charge in [-0.1, -0.05) is 22.0 Å². The number of nitrogens with one attached hydrogen (secondary N) is 1. The number of carbonyl (C=O) groups is 1. The normalized spacial score (nSPS) is 12.6. The van der Waals surface area contributed by atoms with Crippen LogP contribution in [0.15, 0.2) is 40.9 Å². The minimum atomic E-state index is -0.0491. The second-order valence-electron chi connectivity index (χ2n) is 5.36. The zero-order valence-electron chi connectivity index (χ0n) is 13.7. The van der Waals surface area contributed by atoms with Crippen LogP contribution < -0.4 is 19.5 Å². The maximum Gasteiger partial charge on any atom is 0.234 e. The van der Waals surface area contributed by atoms with Crippen molar-refractivity contribution < 1.29 is 19.0 Å². The van der Waals surface area contributed by atoms with E-state index in [2.05, 4.69) is 21.2 Å². The lowest BCUT2D eigenvalue weighted by atomic mass is 10.2. The van der Waals surface area contributed by atoms with Gasteiger partial charge in [0.15, 0.2) is 11.5 Å². The van der Waals surface area contributed by atoms with Crippen molar-refractivity contribution >= 4 is 39.3 Å². The van der Waals surface area contributed by atoms with E-state index in [1.54, 1.807) is 13.2 Å². The van der Waals surface area contributed by atoms with Crippen molar-refractivity contribution in [1.82, 2.24) is 0 Å². The molecule has 0 unspecified atom stereocenters. The lowest BCUT2D eigenvalue weighted by molar-refractivity contribution is -0.113. The average Bonchev–Trinajstić information content (AvgIpc) is 2.62. The molecular weight excluding hydrogens is 406 g/mol. The van der Waals surface area contributed by atoms with Gasteiger partial charge in [-0.3, -0.25) is 4.79 Å². The van der Waals surface area contributed by atoms with Crippen LogP contribution in [0.5, 0.6) is 17.2 Å². The summed E-state index contributed by atoms with van der Waals surface area (Å²) in [5.74, 6) is 3.23. The molecule has 1 amide bonds. The molecule has 3 rings (SSSR count). The molecule has 0 saturated carbocycles. The van der Waals surface area contributed by atoms with Crippen molar-refractivity contribution in [3.05, 3.63) is 46.4 Å². The van der Waals surface area contributed by atoms with Crippen molar-refractivity contribution in [2.24, 2.45) is 0 Å². The van der Waals surface area contributed by atoms with Crippen LogP contribution >= 0.6 is 27.7 Å². The topological polar surface area (TPSA) is 56.8 Å². The van der Waals surface area contributed by atoms with Crippen molar-refractivity contribution in [1.29, 1.82) is 0 Å². The van der Waals surface area contributed by atoms with Gasteiger partial charge in [-0.05, 0) is 29.8 Å². The van der Waals surface area contributed by atoms with E-state index in [4.69, 9.17) is 14.2 Å². The molecule has 0 saturated heterocycles. The summed E-state index contributed by atoms with van der Waals surface area (Å²) in [5.41, 5.74) is 1.80. The van der Waals surface area contributed by atoms with E-state index in [9.17, 15) is 4.79 Å². The highest BCUT2D eigenvalue weighted by Crippen LogP contribution is 2.36. The third kappa shape index (κ3) is 4.83. The highest BCUT2D eigenvalue weighted by molar-refractivity contribution is 9.10. The number of halogens is 1. The van der Waals surface area contributed by atoms with Gasteiger partial charge in [-0.2, -0.15) is 0 Å².